The Morgan fingerprint density at radius 3 is 0.762 bits per heavy atom. The predicted molar refractivity (Wildman–Crippen MR) is 201 cm³/mol. The first kappa shape index (κ1) is 43.7. The van der Waals surface area contributed by atoms with Crippen molar-refractivity contribution in [3.63, 3.8) is 0 Å². The van der Waals surface area contributed by atoms with Crippen molar-refractivity contribution in [1.82, 2.24) is 0 Å². The molecule has 0 amide bonds. The zero-order valence-corrected chi connectivity index (χ0v) is 36.8. The minimum Gasteiger partial charge on any atom is -0.411 e. The maximum atomic E-state index is 6.03. The Bertz CT molecular complexity index is 950. The van der Waals surface area contributed by atoms with E-state index in [2.05, 4.69) is 162 Å². The van der Waals surface area contributed by atoms with Gasteiger partial charge < -0.3 is 4.43 Å². The van der Waals surface area contributed by atoms with E-state index in [1.165, 1.54) is 43.8 Å². The first-order chi connectivity index (χ1) is 18.2. The van der Waals surface area contributed by atoms with E-state index >= 15 is 0 Å². The normalized spacial score (nSPS) is 12.5. The maximum Gasteiger partial charge on any atom is 0.283 e. The Hall–Kier alpha value is -0.406. The molecule has 42 heavy (non-hydrogen) atoms. The van der Waals surface area contributed by atoms with Gasteiger partial charge in [0.05, 0.1) is 17.6 Å². The van der Waals surface area contributed by atoms with Crippen LogP contribution < -0.4 is 10.4 Å². The summed E-state index contributed by atoms with van der Waals surface area (Å²) in [4.78, 5) is 0. The van der Waals surface area contributed by atoms with Crippen LogP contribution in [0.5, 0.6) is 0 Å². The summed E-state index contributed by atoms with van der Waals surface area (Å²) in [5, 5.41) is 4.99. The van der Waals surface area contributed by atoms with Gasteiger partial charge in [0.15, 0.2) is 0 Å². The number of aryl methyl sites for hydroxylation is 6. The molecule has 0 aromatic heterocycles. The average Bonchev–Trinajstić information content (AvgIpc) is 2.74. The van der Waals surface area contributed by atoms with Crippen LogP contribution in [0.25, 0.3) is 0 Å². The Morgan fingerprint density at radius 2 is 0.643 bits per heavy atom. The Labute approximate surface area is 280 Å². The van der Waals surface area contributed by atoms with Gasteiger partial charge in [-0.3, -0.25) is 0 Å². The second-order valence-electron chi connectivity index (χ2n) is 16.3. The molecule has 0 aliphatic rings. The van der Waals surface area contributed by atoms with Crippen LogP contribution in [0.3, 0.4) is 0 Å². The summed E-state index contributed by atoms with van der Waals surface area (Å²) >= 11 is 0. The quantitative estimate of drug-likeness (QED) is 0.293. The molecule has 0 aliphatic heterocycles. The smallest absolute Gasteiger partial charge is 0.283 e. The first-order valence-electron chi connectivity index (χ1n) is 15.4. The van der Waals surface area contributed by atoms with Gasteiger partial charge in [0.25, 0.3) is 9.04 Å². The monoisotopic (exact) mass is 685 g/mol. The molecule has 5 heteroatoms. The zero-order valence-electron chi connectivity index (χ0n) is 31.7. The van der Waals surface area contributed by atoms with Gasteiger partial charge >= 0.3 is 0 Å². The summed E-state index contributed by atoms with van der Waals surface area (Å²) < 4.78 is 6.03. The molecule has 0 heterocycles. The summed E-state index contributed by atoms with van der Waals surface area (Å²) in [5.41, 5.74) is 8.04. The van der Waals surface area contributed by atoms with E-state index in [1.807, 2.05) is 7.11 Å². The fraction of sp³-hybridized carbons (Fsp3) is 0.676. The van der Waals surface area contributed by atoms with E-state index in [1.54, 1.807) is 0 Å². The molecule has 0 spiro atoms. The van der Waals surface area contributed by atoms with Crippen LogP contribution in [-0.2, 0) is 4.43 Å². The van der Waals surface area contributed by atoms with Crippen LogP contribution in [0.1, 0.15) is 116 Å². The second kappa shape index (κ2) is 16.8. The molecule has 237 valence electrons. The van der Waals surface area contributed by atoms with Crippen LogP contribution in [0.4, 0.5) is 0 Å². The number of hydrogen-bond donors (Lipinski definition) is 0. The molecule has 0 fully saturated rings. The van der Waals surface area contributed by atoms with E-state index in [-0.39, 0.29) is 35.2 Å². The molecule has 2 aromatic carbocycles. The Kier molecular flexibility index (Phi) is 17.5. The summed E-state index contributed by atoms with van der Waals surface area (Å²) in [6, 6.07) is 9.07. The number of hydrogen-bond acceptors (Lipinski definition) is 1. The van der Waals surface area contributed by atoms with E-state index in [9.17, 15) is 0 Å². The third-order valence-corrected chi connectivity index (χ3v) is 20.4. The topological polar surface area (TPSA) is 9.23 Å². The molecular weight excluding hydrogens is 617 g/mol. The average molecular weight is 685 g/mol. The minimum atomic E-state index is -1.19. The van der Waals surface area contributed by atoms with E-state index in [0.717, 1.165) is 0 Å². The molecule has 0 unspecified atom stereocenters. The van der Waals surface area contributed by atoms with Gasteiger partial charge in [0.1, 0.15) is 0 Å². The summed E-state index contributed by atoms with van der Waals surface area (Å²) in [6.07, 6.45) is 0. The van der Waals surface area contributed by atoms with Crippen molar-refractivity contribution in [2.75, 3.05) is 7.11 Å². The number of rotatable bonds is 3. The molecule has 2 rings (SSSR count). The van der Waals surface area contributed by atoms with Crippen molar-refractivity contribution in [2.24, 2.45) is 0 Å². The third-order valence-electron chi connectivity index (χ3n) is 8.51. The molecule has 0 atom stereocenters. The van der Waals surface area contributed by atoms with Crippen molar-refractivity contribution in [2.45, 2.75) is 158 Å². The summed E-state index contributed by atoms with van der Waals surface area (Å²) in [7, 11) is 0.219. The zero-order chi connectivity index (χ0) is 32.9. The molecule has 0 saturated carbocycles. The van der Waals surface area contributed by atoms with Gasteiger partial charge in [-0.25, -0.2) is 0 Å². The van der Waals surface area contributed by atoms with E-state index in [4.69, 9.17) is 4.43 Å². The van der Waals surface area contributed by atoms with Crippen LogP contribution in [0.15, 0.2) is 24.3 Å². The van der Waals surface area contributed by atoms with E-state index in [0.29, 0.717) is 20.2 Å². The van der Waals surface area contributed by atoms with Gasteiger partial charge in [0.2, 0.25) is 0 Å². The maximum absolute atomic E-state index is 6.03. The van der Waals surface area contributed by atoms with Gasteiger partial charge in [-0.1, -0.05) is 132 Å². The molecule has 0 N–H and O–H groups in total. The fourth-order valence-electron chi connectivity index (χ4n) is 5.66. The molecule has 0 aliphatic carbocycles. The Morgan fingerprint density at radius 1 is 0.452 bits per heavy atom. The van der Waals surface area contributed by atoms with Crippen molar-refractivity contribution in [1.29, 1.82) is 0 Å². The first-order valence-corrected chi connectivity index (χ1v) is 20.8. The molecule has 0 saturated heterocycles. The van der Waals surface area contributed by atoms with Crippen LogP contribution in [0.2, 0.25) is 33.2 Å². The van der Waals surface area contributed by atoms with Crippen LogP contribution >= 0.6 is 0 Å². The molecule has 7 radical (unpaired) electrons. The van der Waals surface area contributed by atoms with E-state index < -0.39 is 9.04 Å². The Balaban J connectivity index is 0. The van der Waals surface area contributed by atoms with Gasteiger partial charge in [-0.2, -0.15) is 0 Å². The largest absolute Gasteiger partial charge is 0.411 e. The van der Waals surface area contributed by atoms with Gasteiger partial charge in [-0.15, -0.1) is 0 Å². The van der Waals surface area contributed by atoms with Gasteiger partial charge in [-0.05, 0) is 94.3 Å². The third kappa shape index (κ3) is 13.7. The van der Waals surface area contributed by atoms with Crippen LogP contribution in [-0.4, -0.2) is 51.3 Å². The van der Waals surface area contributed by atoms with Crippen molar-refractivity contribution in [3.05, 3.63) is 57.6 Å². The number of benzene rings is 2. The minimum absolute atomic E-state index is 0. The van der Waals surface area contributed by atoms with Crippen molar-refractivity contribution >= 4 is 54.6 Å². The standard InChI is InChI=1S/C19H25OSi.2C9H21Si.Ge/c1-12-8-14(3)18(15(4)9-12)21(20-7)19-16(5)10-13(2)11-17(19)6;2*1-8(2,3)10(7)9(4,5)6;/h8-11H,1-7H3;2*1-7H3;. The SMILES string of the molecule is CO[Si](c1c(C)cc(C)cc1C)c1c(C)cc(C)cc1C.C[Si](C(C)(C)C)C(C)(C)C.C[Si](C(C)(C)C)C(C)(C)C.[Ge]. The van der Waals surface area contributed by atoms with Crippen molar-refractivity contribution < 1.29 is 4.43 Å². The summed E-state index contributed by atoms with van der Waals surface area (Å²) in [5.74, 6) is 0. The molecule has 0 bridgehead atoms. The van der Waals surface area contributed by atoms with Crippen LogP contribution in [0, 0.1) is 41.5 Å². The molecule has 2 aromatic rings. The molecule has 1 nitrogen and oxygen atoms in total. The van der Waals surface area contributed by atoms with Gasteiger partial charge in [0, 0.05) is 24.7 Å². The molecular formula is C37H67GeOSi3. The van der Waals surface area contributed by atoms with Crippen molar-refractivity contribution in [3.8, 4) is 0 Å². The summed E-state index contributed by atoms with van der Waals surface area (Å²) in [6.45, 7) is 46.3. The fourth-order valence-corrected chi connectivity index (χ4v) is 12.5. The predicted octanol–water partition coefficient (Wildman–Crippen LogP) is 10.3. The second-order valence-corrected chi connectivity index (χ2v) is 26.9.